The number of hydrogen-bond acceptors (Lipinski definition) is 4. The third kappa shape index (κ3) is 4.21. The molecule has 1 atom stereocenters. The fourth-order valence-electron chi connectivity index (χ4n) is 3.02. The van der Waals surface area contributed by atoms with E-state index in [1.165, 1.54) is 0 Å². The maximum atomic E-state index is 12.4. The molecule has 1 aliphatic rings. The van der Waals surface area contributed by atoms with Crippen LogP contribution in [0, 0.1) is 19.8 Å². The number of carbonyl (C=O) groups is 2. The van der Waals surface area contributed by atoms with Crippen LogP contribution < -0.4 is 5.32 Å². The molecule has 1 fully saturated rings. The molecule has 0 saturated carbocycles. The molecule has 6 nitrogen and oxygen atoms in total. The molecule has 6 heteroatoms. The van der Waals surface area contributed by atoms with Crippen LogP contribution in [-0.4, -0.2) is 33.2 Å². The lowest BCUT2D eigenvalue weighted by molar-refractivity contribution is -0.129. The first kappa shape index (κ1) is 17.1. The molecule has 130 valence electrons. The molecule has 3 heterocycles. The second-order valence-electron chi connectivity index (χ2n) is 6.47. The fraction of sp³-hybridized carbons (Fsp3) is 0.368. The summed E-state index contributed by atoms with van der Waals surface area (Å²) in [4.78, 5) is 34.8. The highest BCUT2D eigenvalue weighted by Gasteiger charge is 2.34. The van der Waals surface area contributed by atoms with Crippen molar-refractivity contribution in [3.63, 3.8) is 0 Å². The summed E-state index contributed by atoms with van der Waals surface area (Å²) < 4.78 is 0. The Hall–Kier alpha value is -2.76. The van der Waals surface area contributed by atoms with Crippen molar-refractivity contribution in [1.29, 1.82) is 0 Å². The van der Waals surface area contributed by atoms with Crippen molar-refractivity contribution in [3.8, 4) is 0 Å². The Morgan fingerprint density at radius 2 is 2.16 bits per heavy atom. The van der Waals surface area contributed by atoms with Crippen molar-refractivity contribution in [1.82, 2.24) is 20.2 Å². The van der Waals surface area contributed by atoms with Crippen molar-refractivity contribution in [2.24, 2.45) is 5.92 Å². The van der Waals surface area contributed by atoms with Crippen LogP contribution >= 0.6 is 0 Å². The predicted molar refractivity (Wildman–Crippen MR) is 93.3 cm³/mol. The number of pyridine rings is 2. The van der Waals surface area contributed by atoms with Gasteiger partial charge >= 0.3 is 0 Å². The second-order valence-corrected chi connectivity index (χ2v) is 6.47. The molecule has 0 bridgehead atoms. The molecule has 2 aromatic heterocycles. The number of amides is 2. The Kier molecular flexibility index (Phi) is 5.07. The van der Waals surface area contributed by atoms with Crippen molar-refractivity contribution in [2.45, 2.75) is 33.4 Å². The monoisotopic (exact) mass is 338 g/mol. The normalized spacial score (nSPS) is 17.0. The van der Waals surface area contributed by atoms with Crippen LogP contribution in [-0.2, 0) is 22.7 Å². The van der Waals surface area contributed by atoms with Crippen LogP contribution in [0.4, 0.5) is 0 Å². The summed E-state index contributed by atoms with van der Waals surface area (Å²) in [6.07, 6.45) is 3.75. The Morgan fingerprint density at radius 3 is 2.88 bits per heavy atom. The highest BCUT2D eigenvalue weighted by atomic mass is 16.2. The number of nitrogens with one attached hydrogen (secondary N) is 1. The number of carbonyl (C=O) groups excluding carboxylic acids is 2. The summed E-state index contributed by atoms with van der Waals surface area (Å²) in [6.45, 7) is 5.26. The van der Waals surface area contributed by atoms with E-state index in [1.807, 2.05) is 38.1 Å². The van der Waals surface area contributed by atoms with Gasteiger partial charge in [0.05, 0.1) is 18.2 Å². The van der Waals surface area contributed by atoms with Crippen molar-refractivity contribution in [2.75, 3.05) is 6.54 Å². The van der Waals surface area contributed by atoms with Crippen LogP contribution in [0.2, 0.25) is 0 Å². The summed E-state index contributed by atoms with van der Waals surface area (Å²) in [5.74, 6) is -0.397. The van der Waals surface area contributed by atoms with Gasteiger partial charge in [-0.3, -0.25) is 19.6 Å². The number of hydrogen-bond donors (Lipinski definition) is 1. The molecule has 1 saturated heterocycles. The maximum absolute atomic E-state index is 12.4. The molecule has 0 aromatic carbocycles. The van der Waals surface area contributed by atoms with E-state index in [1.54, 1.807) is 17.3 Å². The third-order valence-electron chi connectivity index (χ3n) is 4.47. The highest BCUT2D eigenvalue weighted by molar-refractivity contribution is 5.89. The van der Waals surface area contributed by atoms with Crippen molar-refractivity contribution >= 4 is 11.8 Å². The summed E-state index contributed by atoms with van der Waals surface area (Å²) in [5, 5.41) is 2.93. The predicted octanol–water partition coefficient (Wildman–Crippen LogP) is 1.76. The molecule has 2 aromatic rings. The Morgan fingerprint density at radius 1 is 1.32 bits per heavy atom. The largest absolute Gasteiger partial charge is 0.352 e. The minimum Gasteiger partial charge on any atom is -0.352 e. The van der Waals surface area contributed by atoms with E-state index in [2.05, 4.69) is 15.3 Å². The first-order valence-electron chi connectivity index (χ1n) is 8.40. The van der Waals surface area contributed by atoms with Crippen LogP contribution in [0.5, 0.6) is 0 Å². The van der Waals surface area contributed by atoms with Gasteiger partial charge in [-0.25, -0.2) is 0 Å². The first-order chi connectivity index (χ1) is 12.0. The van der Waals surface area contributed by atoms with E-state index in [9.17, 15) is 9.59 Å². The van der Waals surface area contributed by atoms with E-state index in [4.69, 9.17) is 0 Å². The van der Waals surface area contributed by atoms with E-state index in [0.717, 1.165) is 22.5 Å². The lowest BCUT2D eigenvalue weighted by Gasteiger charge is -2.16. The summed E-state index contributed by atoms with van der Waals surface area (Å²) >= 11 is 0. The molecule has 2 amide bonds. The quantitative estimate of drug-likeness (QED) is 0.901. The van der Waals surface area contributed by atoms with Gasteiger partial charge in [0.25, 0.3) is 0 Å². The zero-order valence-corrected chi connectivity index (χ0v) is 14.5. The zero-order valence-electron chi connectivity index (χ0n) is 14.5. The molecule has 1 N–H and O–H groups in total. The molecule has 0 unspecified atom stereocenters. The van der Waals surface area contributed by atoms with E-state index < -0.39 is 0 Å². The number of aromatic nitrogens is 2. The number of likely N-dealkylation sites (tertiary alicyclic amines) is 1. The summed E-state index contributed by atoms with van der Waals surface area (Å²) in [6, 6.07) is 7.61. The van der Waals surface area contributed by atoms with Crippen molar-refractivity contribution < 1.29 is 9.59 Å². The zero-order chi connectivity index (χ0) is 17.8. The molecule has 0 spiro atoms. The van der Waals surface area contributed by atoms with Gasteiger partial charge in [0.15, 0.2) is 0 Å². The molecule has 0 radical (unpaired) electrons. The molecule has 0 aliphatic carbocycles. The molecule has 25 heavy (non-hydrogen) atoms. The topological polar surface area (TPSA) is 75.2 Å². The number of nitrogens with zero attached hydrogens (tertiary/aromatic N) is 3. The fourth-order valence-corrected chi connectivity index (χ4v) is 3.02. The standard InChI is InChI=1S/C19H22N4O2/c1-13-7-14(2)21-9-16(13)10-22-19(25)15-8-18(24)23(11-15)12-17-5-3-4-6-20-17/h3-7,9,15H,8,10-12H2,1-2H3,(H,22,25)/t15-/m0/s1. The highest BCUT2D eigenvalue weighted by Crippen LogP contribution is 2.20. The SMILES string of the molecule is Cc1cc(C)c(CNC(=O)[C@H]2CC(=O)N(Cc3ccccn3)C2)cn1. The van der Waals surface area contributed by atoms with Gasteiger partial charge in [0, 0.05) is 37.6 Å². The van der Waals surface area contributed by atoms with Gasteiger partial charge in [0.1, 0.15) is 0 Å². The number of aryl methyl sites for hydroxylation is 2. The Labute approximate surface area is 147 Å². The molecular weight excluding hydrogens is 316 g/mol. The van der Waals surface area contributed by atoms with E-state index >= 15 is 0 Å². The second kappa shape index (κ2) is 7.42. The summed E-state index contributed by atoms with van der Waals surface area (Å²) in [5.41, 5.74) is 3.89. The van der Waals surface area contributed by atoms with Gasteiger partial charge in [0.2, 0.25) is 11.8 Å². The minimum atomic E-state index is -0.310. The molecular formula is C19H22N4O2. The Bertz CT molecular complexity index is 776. The average molecular weight is 338 g/mol. The Balaban J connectivity index is 1.55. The van der Waals surface area contributed by atoms with Gasteiger partial charge in [-0.15, -0.1) is 0 Å². The van der Waals surface area contributed by atoms with Gasteiger partial charge in [-0.05, 0) is 43.2 Å². The lowest BCUT2D eigenvalue weighted by atomic mass is 10.1. The van der Waals surface area contributed by atoms with Crippen LogP contribution in [0.1, 0.15) is 28.9 Å². The van der Waals surface area contributed by atoms with Crippen molar-refractivity contribution in [3.05, 3.63) is 59.2 Å². The summed E-state index contributed by atoms with van der Waals surface area (Å²) in [7, 11) is 0. The van der Waals surface area contributed by atoms with E-state index in [-0.39, 0.29) is 24.2 Å². The number of rotatable bonds is 5. The van der Waals surface area contributed by atoms with Crippen LogP contribution in [0.25, 0.3) is 0 Å². The average Bonchev–Trinajstić information content (AvgIpc) is 2.95. The van der Waals surface area contributed by atoms with Crippen LogP contribution in [0.15, 0.2) is 36.7 Å². The van der Waals surface area contributed by atoms with Gasteiger partial charge in [-0.2, -0.15) is 0 Å². The van der Waals surface area contributed by atoms with Gasteiger partial charge in [-0.1, -0.05) is 6.07 Å². The third-order valence-corrected chi connectivity index (χ3v) is 4.47. The molecule has 3 rings (SSSR count). The first-order valence-corrected chi connectivity index (χ1v) is 8.40. The van der Waals surface area contributed by atoms with E-state index in [0.29, 0.717) is 19.6 Å². The minimum absolute atomic E-state index is 0.000939. The molecule has 1 aliphatic heterocycles. The smallest absolute Gasteiger partial charge is 0.225 e. The van der Waals surface area contributed by atoms with Crippen LogP contribution in [0.3, 0.4) is 0 Å². The van der Waals surface area contributed by atoms with Gasteiger partial charge < -0.3 is 10.2 Å². The maximum Gasteiger partial charge on any atom is 0.225 e. The lowest BCUT2D eigenvalue weighted by Crippen LogP contribution is -2.32.